The molecule has 0 amide bonds. The molecule has 164 valence electrons. The highest BCUT2D eigenvalue weighted by atomic mass is 16.5. The Labute approximate surface area is 167 Å². The molecular formula is C19H38N4O5. The summed E-state index contributed by atoms with van der Waals surface area (Å²) in [4.78, 5) is 2.64. The first-order chi connectivity index (χ1) is 12.9. The van der Waals surface area contributed by atoms with Crippen LogP contribution in [0.1, 0.15) is 48.5 Å². The topological polar surface area (TPSA) is 154 Å². The quantitative estimate of drug-likeness (QED) is 0.319. The first kappa shape index (κ1) is 25.1. The van der Waals surface area contributed by atoms with Crippen molar-refractivity contribution in [2.45, 2.75) is 103 Å². The smallest absolute Gasteiger partial charge is 0.107 e. The van der Waals surface area contributed by atoms with Crippen molar-refractivity contribution in [1.29, 1.82) is 0 Å². The van der Waals surface area contributed by atoms with Crippen molar-refractivity contribution in [1.82, 2.24) is 0 Å². The Morgan fingerprint density at radius 1 is 0.857 bits per heavy atom. The molecule has 5 N–H and O–H groups in total. The highest BCUT2D eigenvalue weighted by Gasteiger charge is 2.43. The van der Waals surface area contributed by atoms with Gasteiger partial charge < -0.3 is 30.5 Å². The van der Waals surface area contributed by atoms with E-state index in [1.807, 2.05) is 27.7 Å². The summed E-state index contributed by atoms with van der Waals surface area (Å²) >= 11 is 0. The number of aliphatic hydroxyl groups excluding tert-OH is 3. The van der Waals surface area contributed by atoms with Crippen molar-refractivity contribution >= 4 is 0 Å². The molecule has 2 aliphatic rings. The van der Waals surface area contributed by atoms with E-state index >= 15 is 0 Å². The van der Waals surface area contributed by atoms with E-state index in [4.69, 9.17) is 20.7 Å². The van der Waals surface area contributed by atoms with Crippen LogP contribution < -0.4 is 5.73 Å². The molecule has 9 heteroatoms. The van der Waals surface area contributed by atoms with E-state index in [2.05, 4.69) is 23.9 Å². The second kappa shape index (κ2) is 10.7. The van der Waals surface area contributed by atoms with Crippen LogP contribution >= 0.6 is 0 Å². The number of hydrogen-bond donors (Lipinski definition) is 4. The molecule has 2 rings (SSSR count). The minimum Gasteiger partial charge on any atom is -0.391 e. The van der Waals surface area contributed by atoms with Gasteiger partial charge in [-0.3, -0.25) is 0 Å². The first-order valence-electron chi connectivity index (χ1n) is 10.1. The minimum absolute atomic E-state index is 0.0430. The van der Waals surface area contributed by atoms with E-state index in [-0.39, 0.29) is 36.2 Å². The van der Waals surface area contributed by atoms with Crippen molar-refractivity contribution in [2.24, 2.45) is 28.6 Å². The molecule has 0 saturated carbocycles. The Morgan fingerprint density at radius 2 is 1.36 bits per heavy atom. The molecule has 0 radical (unpaired) electrons. The van der Waals surface area contributed by atoms with Crippen LogP contribution in [-0.4, -0.2) is 70.1 Å². The molecule has 0 aromatic heterocycles. The minimum atomic E-state index is -1.06. The van der Waals surface area contributed by atoms with Gasteiger partial charge in [0.05, 0.1) is 48.7 Å². The third kappa shape index (κ3) is 5.79. The van der Waals surface area contributed by atoms with Gasteiger partial charge in [0.15, 0.2) is 0 Å². The van der Waals surface area contributed by atoms with Gasteiger partial charge in [-0.2, -0.15) is 0 Å². The molecule has 0 aromatic carbocycles. The van der Waals surface area contributed by atoms with E-state index in [9.17, 15) is 15.3 Å². The normalized spacial score (nSPS) is 43.9. The monoisotopic (exact) mass is 402 g/mol. The van der Waals surface area contributed by atoms with E-state index in [0.717, 1.165) is 0 Å². The fraction of sp³-hybridized carbons (Fsp3) is 1.00. The van der Waals surface area contributed by atoms with Crippen molar-refractivity contribution < 1.29 is 24.8 Å². The van der Waals surface area contributed by atoms with Gasteiger partial charge in [-0.15, -0.1) is 0 Å². The zero-order valence-electron chi connectivity index (χ0n) is 18.0. The third-order valence-corrected chi connectivity index (χ3v) is 5.75. The molecular weight excluding hydrogens is 364 g/mol. The van der Waals surface area contributed by atoms with Gasteiger partial charge >= 0.3 is 0 Å². The summed E-state index contributed by atoms with van der Waals surface area (Å²) in [6.45, 7) is 13.7. The molecule has 10 unspecified atom stereocenters. The van der Waals surface area contributed by atoms with Gasteiger partial charge in [-0.05, 0) is 31.2 Å². The van der Waals surface area contributed by atoms with Crippen molar-refractivity contribution in [3.8, 4) is 0 Å². The fourth-order valence-electron chi connectivity index (χ4n) is 3.91. The number of rotatable bonds is 3. The van der Waals surface area contributed by atoms with Crippen molar-refractivity contribution in [3.63, 3.8) is 0 Å². The summed E-state index contributed by atoms with van der Waals surface area (Å²) in [5.74, 6) is 0.662. The zero-order valence-corrected chi connectivity index (χ0v) is 18.0. The summed E-state index contributed by atoms with van der Waals surface area (Å²) in [6.07, 6.45) is -3.21. The number of aliphatic hydroxyl groups is 3. The van der Waals surface area contributed by atoms with Crippen LogP contribution in [0.3, 0.4) is 0 Å². The Bertz CT molecular complexity index is 528. The lowest BCUT2D eigenvalue weighted by atomic mass is 9.83. The Balaban J connectivity index is 0.000000283. The lowest BCUT2D eigenvalue weighted by Crippen LogP contribution is -2.57. The lowest BCUT2D eigenvalue weighted by molar-refractivity contribution is -0.186. The van der Waals surface area contributed by atoms with Gasteiger partial charge in [0.2, 0.25) is 0 Å². The van der Waals surface area contributed by atoms with Gasteiger partial charge in [0.1, 0.15) is 6.10 Å². The third-order valence-electron chi connectivity index (χ3n) is 5.75. The van der Waals surface area contributed by atoms with Gasteiger partial charge in [-0.1, -0.05) is 39.7 Å². The standard InChI is InChI=1S/C10H21NO2.C9H17N3O3/c1-5(2)10-6(3)9(12)8(11)7(4)13-10;1-4(2)9-8(14)7(13)6(11-12-10)5(3)15-9/h5-10,12H,11H2,1-4H3;4-9,13-14H,1-3H3. The average molecular weight is 403 g/mol. The van der Waals surface area contributed by atoms with Crippen LogP contribution in [0.2, 0.25) is 0 Å². The molecule has 10 atom stereocenters. The van der Waals surface area contributed by atoms with Crippen molar-refractivity contribution in [3.05, 3.63) is 10.4 Å². The molecule has 0 aliphatic carbocycles. The maximum absolute atomic E-state index is 9.83. The Kier molecular flexibility index (Phi) is 9.62. The number of nitrogens with two attached hydrogens (primary N) is 1. The van der Waals surface area contributed by atoms with E-state index in [0.29, 0.717) is 5.92 Å². The largest absolute Gasteiger partial charge is 0.391 e. The predicted octanol–water partition coefficient (Wildman–Crippen LogP) is 1.58. The number of nitrogens with zero attached hydrogens (tertiary/aromatic N) is 3. The molecule has 0 bridgehead atoms. The summed E-state index contributed by atoms with van der Waals surface area (Å²) in [5, 5.41) is 32.8. The summed E-state index contributed by atoms with van der Waals surface area (Å²) in [6, 6.07) is -0.968. The molecule has 2 saturated heterocycles. The average Bonchev–Trinajstić information content (AvgIpc) is 2.63. The second-order valence-corrected chi connectivity index (χ2v) is 8.70. The maximum Gasteiger partial charge on any atom is 0.107 e. The maximum atomic E-state index is 9.83. The molecule has 2 aliphatic heterocycles. The predicted molar refractivity (Wildman–Crippen MR) is 106 cm³/mol. The van der Waals surface area contributed by atoms with Gasteiger partial charge in [0.25, 0.3) is 0 Å². The van der Waals surface area contributed by atoms with Crippen LogP contribution in [0.15, 0.2) is 5.11 Å². The fourth-order valence-corrected chi connectivity index (χ4v) is 3.91. The molecule has 0 spiro atoms. The van der Waals surface area contributed by atoms with Crippen LogP contribution in [0.4, 0.5) is 0 Å². The molecule has 28 heavy (non-hydrogen) atoms. The summed E-state index contributed by atoms with van der Waals surface area (Å²) in [7, 11) is 0. The summed E-state index contributed by atoms with van der Waals surface area (Å²) in [5.41, 5.74) is 14.1. The first-order valence-corrected chi connectivity index (χ1v) is 10.1. The molecule has 2 heterocycles. The van der Waals surface area contributed by atoms with Crippen molar-refractivity contribution in [2.75, 3.05) is 0 Å². The number of azide groups is 1. The SMILES string of the molecule is CC(C)C1OC(C)C(N)C(O)C1C.CC(C)C1OC(C)C(N=[N+]=[N-])C(O)C1O. The molecule has 0 aromatic rings. The Morgan fingerprint density at radius 3 is 1.82 bits per heavy atom. The zero-order chi connectivity index (χ0) is 21.8. The van der Waals surface area contributed by atoms with Crippen LogP contribution in [0.5, 0.6) is 0 Å². The lowest BCUT2D eigenvalue weighted by Gasteiger charge is -2.43. The second-order valence-electron chi connectivity index (χ2n) is 8.70. The van der Waals surface area contributed by atoms with E-state index in [1.54, 1.807) is 6.92 Å². The Hall–Kier alpha value is -0.930. The van der Waals surface area contributed by atoms with E-state index < -0.39 is 30.5 Å². The van der Waals surface area contributed by atoms with Crippen LogP contribution in [-0.2, 0) is 9.47 Å². The number of hydrogen-bond acceptors (Lipinski definition) is 7. The summed E-state index contributed by atoms with van der Waals surface area (Å²) < 4.78 is 11.3. The highest BCUT2D eigenvalue weighted by molar-refractivity contribution is 4.96. The number of ether oxygens (including phenoxy) is 2. The van der Waals surface area contributed by atoms with Crippen LogP contribution in [0.25, 0.3) is 10.4 Å². The van der Waals surface area contributed by atoms with Gasteiger partial charge in [0, 0.05) is 10.8 Å². The molecule has 9 nitrogen and oxygen atoms in total. The highest BCUT2D eigenvalue weighted by Crippen LogP contribution is 2.29. The van der Waals surface area contributed by atoms with E-state index in [1.165, 1.54) is 0 Å². The molecule has 2 fully saturated rings. The van der Waals surface area contributed by atoms with Gasteiger partial charge in [-0.25, -0.2) is 0 Å². The van der Waals surface area contributed by atoms with Crippen LogP contribution in [0, 0.1) is 17.8 Å².